The van der Waals surface area contributed by atoms with Gasteiger partial charge < -0.3 is 13.6 Å². The van der Waals surface area contributed by atoms with Crippen molar-refractivity contribution in [2.75, 3.05) is 7.11 Å². The molecule has 0 saturated heterocycles. The van der Waals surface area contributed by atoms with Crippen molar-refractivity contribution in [1.29, 1.82) is 0 Å². The molecule has 5 nitrogen and oxygen atoms in total. The number of hydrogen-bond donors (Lipinski definition) is 0. The molecule has 1 atom stereocenters. The van der Waals surface area contributed by atoms with Gasteiger partial charge in [0.15, 0.2) is 0 Å². The quantitative estimate of drug-likeness (QED) is 0.763. The Morgan fingerprint density at radius 2 is 2.24 bits per heavy atom. The first-order chi connectivity index (χ1) is 10.2. The van der Waals surface area contributed by atoms with Crippen LogP contribution in [-0.4, -0.2) is 24.0 Å². The van der Waals surface area contributed by atoms with E-state index in [4.69, 9.17) is 8.83 Å². The molecule has 0 aromatic carbocycles. The third-order valence-electron chi connectivity index (χ3n) is 3.86. The predicted molar refractivity (Wildman–Crippen MR) is 75.7 cm³/mol. The van der Waals surface area contributed by atoms with Gasteiger partial charge in [-0.05, 0) is 44.0 Å². The molecule has 0 bridgehead atoms. The number of esters is 1. The van der Waals surface area contributed by atoms with E-state index in [2.05, 4.69) is 16.6 Å². The van der Waals surface area contributed by atoms with Gasteiger partial charge in [-0.2, -0.15) is 0 Å². The standard InChI is InChI=1S/C16H19NO4/c1-11(14-7-8-15(21-14)16(18)19-2)17(12-5-6-12)10-13-4-3-9-20-13/h3-4,7-9,11-12H,5-6,10H2,1-2H3. The van der Waals surface area contributed by atoms with Gasteiger partial charge in [0, 0.05) is 6.04 Å². The highest BCUT2D eigenvalue weighted by Crippen LogP contribution is 2.36. The maximum Gasteiger partial charge on any atom is 0.373 e. The number of methoxy groups -OCH3 is 1. The number of ether oxygens (including phenoxy) is 1. The van der Waals surface area contributed by atoms with Gasteiger partial charge in [-0.3, -0.25) is 4.90 Å². The summed E-state index contributed by atoms with van der Waals surface area (Å²) >= 11 is 0. The molecule has 5 heteroatoms. The first-order valence-electron chi connectivity index (χ1n) is 7.15. The average Bonchev–Trinajstić information content (AvgIpc) is 3.02. The Morgan fingerprint density at radius 3 is 2.86 bits per heavy atom. The number of hydrogen-bond acceptors (Lipinski definition) is 5. The molecule has 1 saturated carbocycles. The lowest BCUT2D eigenvalue weighted by atomic mass is 10.2. The molecule has 0 N–H and O–H groups in total. The van der Waals surface area contributed by atoms with Crippen LogP contribution in [-0.2, 0) is 11.3 Å². The lowest BCUT2D eigenvalue weighted by Gasteiger charge is -2.26. The van der Waals surface area contributed by atoms with Gasteiger partial charge in [0.1, 0.15) is 11.5 Å². The Bertz CT molecular complexity index is 598. The molecule has 2 aromatic heterocycles. The second-order valence-corrected chi connectivity index (χ2v) is 5.35. The lowest BCUT2D eigenvalue weighted by molar-refractivity contribution is 0.0557. The van der Waals surface area contributed by atoms with E-state index in [1.165, 1.54) is 20.0 Å². The highest BCUT2D eigenvalue weighted by atomic mass is 16.5. The summed E-state index contributed by atoms with van der Waals surface area (Å²) < 4.78 is 15.7. The van der Waals surface area contributed by atoms with Gasteiger partial charge in [-0.25, -0.2) is 4.79 Å². The summed E-state index contributed by atoms with van der Waals surface area (Å²) in [7, 11) is 1.35. The van der Waals surface area contributed by atoms with E-state index in [0.717, 1.165) is 18.1 Å². The second kappa shape index (κ2) is 5.77. The van der Waals surface area contributed by atoms with Gasteiger partial charge in [-0.1, -0.05) is 0 Å². The van der Waals surface area contributed by atoms with Crippen molar-refractivity contribution in [3.8, 4) is 0 Å². The van der Waals surface area contributed by atoms with Crippen LogP contribution in [0.1, 0.15) is 47.9 Å². The third-order valence-corrected chi connectivity index (χ3v) is 3.86. The van der Waals surface area contributed by atoms with E-state index >= 15 is 0 Å². The van der Waals surface area contributed by atoms with Crippen LogP contribution in [0.3, 0.4) is 0 Å². The van der Waals surface area contributed by atoms with Crippen LogP contribution in [0.5, 0.6) is 0 Å². The molecule has 2 heterocycles. The summed E-state index contributed by atoms with van der Waals surface area (Å²) in [5, 5.41) is 0. The summed E-state index contributed by atoms with van der Waals surface area (Å²) in [6.45, 7) is 2.83. The van der Waals surface area contributed by atoms with Crippen molar-refractivity contribution in [2.24, 2.45) is 0 Å². The minimum atomic E-state index is -0.447. The number of furan rings is 2. The molecule has 3 rings (SSSR count). The third kappa shape index (κ3) is 3.03. The zero-order valence-electron chi connectivity index (χ0n) is 12.2. The zero-order valence-corrected chi connectivity index (χ0v) is 12.2. The Labute approximate surface area is 123 Å². The lowest BCUT2D eigenvalue weighted by Crippen LogP contribution is -2.28. The molecular weight excluding hydrogens is 270 g/mol. The molecular formula is C16H19NO4. The van der Waals surface area contributed by atoms with E-state index in [-0.39, 0.29) is 11.8 Å². The Morgan fingerprint density at radius 1 is 1.43 bits per heavy atom. The molecule has 0 spiro atoms. The minimum absolute atomic E-state index is 0.0843. The average molecular weight is 289 g/mol. The van der Waals surface area contributed by atoms with Gasteiger partial charge in [0.05, 0.1) is 26.0 Å². The van der Waals surface area contributed by atoms with Crippen LogP contribution < -0.4 is 0 Å². The van der Waals surface area contributed by atoms with Gasteiger partial charge >= 0.3 is 5.97 Å². The van der Waals surface area contributed by atoms with Gasteiger partial charge in [0.2, 0.25) is 5.76 Å². The largest absolute Gasteiger partial charge is 0.468 e. The van der Waals surface area contributed by atoms with E-state index in [0.29, 0.717) is 6.04 Å². The molecule has 112 valence electrons. The van der Waals surface area contributed by atoms with Crippen LogP contribution in [0.15, 0.2) is 39.4 Å². The monoisotopic (exact) mass is 289 g/mol. The minimum Gasteiger partial charge on any atom is -0.468 e. The Hall–Kier alpha value is -2.01. The van der Waals surface area contributed by atoms with Crippen molar-refractivity contribution in [3.05, 3.63) is 47.8 Å². The molecule has 1 unspecified atom stereocenters. The topological polar surface area (TPSA) is 55.8 Å². The molecule has 1 aliphatic rings. The predicted octanol–water partition coefficient (Wildman–Crippen LogP) is 3.38. The number of nitrogens with zero attached hydrogens (tertiary/aromatic N) is 1. The second-order valence-electron chi connectivity index (χ2n) is 5.35. The van der Waals surface area contributed by atoms with Crippen LogP contribution in [0, 0.1) is 0 Å². The SMILES string of the molecule is COC(=O)c1ccc(C(C)N(Cc2ccco2)C2CC2)o1. The maximum absolute atomic E-state index is 11.5. The summed E-state index contributed by atoms with van der Waals surface area (Å²) in [4.78, 5) is 13.8. The van der Waals surface area contributed by atoms with Crippen molar-refractivity contribution < 1.29 is 18.4 Å². The first-order valence-corrected chi connectivity index (χ1v) is 7.15. The molecule has 2 aromatic rings. The fourth-order valence-electron chi connectivity index (χ4n) is 2.52. The molecule has 1 aliphatic carbocycles. The fraction of sp³-hybridized carbons (Fsp3) is 0.438. The summed E-state index contributed by atoms with van der Waals surface area (Å²) in [6.07, 6.45) is 4.07. The summed E-state index contributed by atoms with van der Waals surface area (Å²) in [5.74, 6) is 1.51. The summed E-state index contributed by atoms with van der Waals surface area (Å²) in [5.41, 5.74) is 0. The van der Waals surface area contributed by atoms with Gasteiger partial charge in [-0.15, -0.1) is 0 Å². The highest BCUT2D eigenvalue weighted by Gasteiger charge is 2.34. The number of carbonyl (C=O) groups is 1. The van der Waals surface area contributed by atoms with Crippen molar-refractivity contribution in [2.45, 2.75) is 38.4 Å². The molecule has 1 fully saturated rings. The fourth-order valence-corrected chi connectivity index (χ4v) is 2.52. The first kappa shape index (κ1) is 13.9. The smallest absolute Gasteiger partial charge is 0.373 e. The normalized spacial score (nSPS) is 16.1. The van der Waals surface area contributed by atoms with E-state index < -0.39 is 5.97 Å². The molecule has 0 radical (unpaired) electrons. The Balaban J connectivity index is 1.76. The van der Waals surface area contributed by atoms with Crippen LogP contribution in [0.25, 0.3) is 0 Å². The summed E-state index contributed by atoms with van der Waals surface area (Å²) in [6, 6.07) is 8.01. The van der Waals surface area contributed by atoms with Crippen LogP contribution in [0.4, 0.5) is 0 Å². The van der Waals surface area contributed by atoms with Crippen LogP contribution >= 0.6 is 0 Å². The van der Waals surface area contributed by atoms with E-state index in [9.17, 15) is 4.79 Å². The van der Waals surface area contributed by atoms with Crippen molar-refractivity contribution in [1.82, 2.24) is 4.90 Å². The Kier molecular flexibility index (Phi) is 3.84. The van der Waals surface area contributed by atoms with Crippen LogP contribution in [0.2, 0.25) is 0 Å². The molecule has 21 heavy (non-hydrogen) atoms. The number of rotatable bonds is 6. The number of carbonyl (C=O) groups excluding carboxylic acids is 1. The molecule has 0 amide bonds. The van der Waals surface area contributed by atoms with Crippen molar-refractivity contribution in [3.63, 3.8) is 0 Å². The van der Waals surface area contributed by atoms with E-state index in [1.54, 1.807) is 12.3 Å². The zero-order chi connectivity index (χ0) is 14.8. The van der Waals surface area contributed by atoms with Crippen molar-refractivity contribution >= 4 is 5.97 Å². The van der Waals surface area contributed by atoms with Gasteiger partial charge in [0.25, 0.3) is 0 Å². The molecule has 0 aliphatic heterocycles. The maximum atomic E-state index is 11.5. The highest BCUT2D eigenvalue weighted by molar-refractivity contribution is 5.86. The van der Waals surface area contributed by atoms with E-state index in [1.807, 2.05) is 18.2 Å².